The minimum atomic E-state index is 0.542. The predicted octanol–water partition coefficient (Wildman–Crippen LogP) is 3.23. The van der Waals surface area contributed by atoms with Gasteiger partial charge in [-0.25, -0.2) is 9.97 Å². The van der Waals surface area contributed by atoms with Crippen molar-refractivity contribution in [1.29, 1.82) is 0 Å². The molecule has 0 N–H and O–H groups in total. The zero-order valence-electron chi connectivity index (χ0n) is 6.24. The fraction of sp³-hybridized carbons (Fsp3) is 0.143. The lowest BCUT2D eigenvalue weighted by Gasteiger charge is -1.84. The van der Waals surface area contributed by atoms with E-state index in [-0.39, 0.29) is 0 Å². The monoisotopic (exact) mass is 216 g/mol. The average molecular weight is 217 g/mol. The average Bonchev–Trinajstić information content (AvgIpc) is 2.58. The van der Waals surface area contributed by atoms with Gasteiger partial charge in [-0.05, 0) is 6.92 Å². The number of thiazole rings is 2. The van der Waals surface area contributed by atoms with Crippen LogP contribution < -0.4 is 0 Å². The van der Waals surface area contributed by atoms with Crippen LogP contribution in [0.3, 0.4) is 0 Å². The van der Waals surface area contributed by atoms with Gasteiger partial charge in [0.1, 0.15) is 15.9 Å². The van der Waals surface area contributed by atoms with Crippen molar-refractivity contribution in [3.63, 3.8) is 0 Å². The van der Waals surface area contributed by atoms with Crippen LogP contribution in [0.5, 0.6) is 0 Å². The molecule has 0 aliphatic heterocycles. The van der Waals surface area contributed by atoms with Crippen LogP contribution in [0.15, 0.2) is 10.8 Å². The van der Waals surface area contributed by atoms with E-state index in [0.717, 1.165) is 15.7 Å². The Morgan fingerprint density at radius 1 is 1.25 bits per heavy atom. The van der Waals surface area contributed by atoms with Gasteiger partial charge in [-0.1, -0.05) is 11.6 Å². The highest BCUT2D eigenvalue weighted by atomic mass is 35.5. The molecule has 0 unspecified atom stereocenters. The number of aryl methyl sites for hydroxylation is 1. The van der Waals surface area contributed by atoms with E-state index in [1.54, 1.807) is 11.3 Å². The lowest BCUT2D eigenvalue weighted by Crippen LogP contribution is -1.74. The summed E-state index contributed by atoms with van der Waals surface area (Å²) in [5.41, 5.74) is 0.925. The van der Waals surface area contributed by atoms with Crippen LogP contribution in [0.1, 0.15) is 5.01 Å². The normalized spacial score (nSPS) is 10.5. The third-order valence-electron chi connectivity index (χ3n) is 1.31. The van der Waals surface area contributed by atoms with Crippen molar-refractivity contribution in [2.75, 3.05) is 0 Å². The van der Waals surface area contributed by atoms with E-state index >= 15 is 0 Å². The van der Waals surface area contributed by atoms with E-state index in [1.165, 1.54) is 11.3 Å². The third-order valence-corrected chi connectivity index (χ3v) is 3.28. The van der Waals surface area contributed by atoms with Crippen LogP contribution in [-0.2, 0) is 0 Å². The first kappa shape index (κ1) is 8.16. The second-order valence-corrected chi connectivity index (χ2v) is 4.53. The smallest absolute Gasteiger partial charge is 0.144 e. The zero-order valence-corrected chi connectivity index (χ0v) is 8.63. The van der Waals surface area contributed by atoms with Crippen molar-refractivity contribution in [3.05, 3.63) is 20.9 Å². The Morgan fingerprint density at radius 3 is 2.58 bits per heavy atom. The highest BCUT2D eigenvalue weighted by Crippen LogP contribution is 2.26. The molecule has 0 aliphatic rings. The fourth-order valence-corrected chi connectivity index (χ4v) is 2.41. The Bertz CT molecular complexity index is 355. The van der Waals surface area contributed by atoms with Crippen molar-refractivity contribution in [1.82, 2.24) is 9.97 Å². The second-order valence-electron chi connectivity index (χ2n) is 2.23. The highest BCUT2D eigenvalue weighted by Gasteiger charge is 2.05. The summed E-state index contributed by atoms with van der Waals surface area (Å²) in [4.78, 5) is 8.42. The Hall–Kier alpha value is -0.450. The number of halogens is 1. The molecule has 2 aromatic rings. The first-order valence-corrected chi connectivity index (χ1v) is 5.43. The van der Waals surface area contributed by atoms with Gasteiger partial charge in [0.05, 0.1) is 5.01 Å². The molecule has 0 spiro atoms. The first-order chi connectivity index (χ1) is 5.75. The van der Waals surface area contributed by atoms with Gasteiger partial charge in [-0.3, -0.25) is 0 Å². The Kier molecular flexibility index (Phi) is 2.12. The SMILES string of the molecule is Cc1nc(-c2nc(Cl)cs2)cs1. The van der Waals surface area contributed by atoms with Gasteiger partial charge in [0.2, 0.25) is 0 Å². The summed E-state index contributed by atoms with van der Waals surface area (Å²) in [6.07, 6.45) is 0. The minimum absolute atomic E-state index is 0.542. The fourth-order valence-electron chi connectivity index (χ4n) is 0.833. The van der Waals surface area contributed by atoms with Gasteiger partial charge >= 0.3 is 0 Å². The van der Waals surface area contributed by atoms with Crippen molar-refractivity contribution in [2.45, 2.75) is 6.92 Å². The van der Waals surface area contributed by atoms with Crippen LogP contribution in [0.25, 0.3) is 10.7 Å². The summed E-state index contributed by atoms with van der Waals surface area (Å²) in [6, 6.07) is 0. The summed E-state index contributed by atoms with van der Waals surface area (Å²) >= 11 is 8.83. The largest absolute Gasteiger partial charge is 0.239 e. The van der Waals surface area contributed by atoms with E-state index in [0.29, 0.717) is 5.15 Å². The van der Waals surface area contributed by atoms with Gasteiger partial charge in [0.25, 0.3) is 0 Å². The van der Waals surface area contributed by atoms with Crippen LogP contribution >= 0.6 is 34.3 Å². The maximum Gasteiger partial charge on any atom is 0.144 e. The molecular weight excluding hydrogens is 212 g/mol. The molecule has 5 heteroatoms. The summed E-state index contributed by atoms with van der Waals surface area (Å²) in [6.45, 7) is 1.98. The lowest BCUT2D eigenvalue weighted by molar-refractivity contribution is 1.28. The zero-order chi connectivity index (χ0) is 8.55. The van der Waals surface area contributed by atoms with Gasteiger partial charge < -0.3 is 0 Å². The molecule has 0 aromatic carbocycles. The summed E-state index contributed by atoms with van der Waals surface area (Å²) in [5, 5.41) is 6.29. The summed E-state index contributed by atoms with van der Waals surface area (Å²) in [7, 11) is 0. The molecule has 2 aromatic heterocycles. The molecule has 0 fully saturated rings. The van der Waals surface area contributed by atoms with E-state index in [1.807, 2.05) is 17.7 Å². The molecule has 0 amide bonds. The quantitative estimate of drug-likeness (QED) is 0.732. The van der Waals surface area contributed by atoms with E-state index in [4.69, 9.17) is 11.6 Å². The number of hydrogen-bond donors (Lipinski definition) is 0. The molecule has 0 radical (unpaired) electrons. The molecule has 2 nitrogen and oxygen atoms in total. The summed E-state index contributed by atoms with van der Waals surface area (Å²) in [5.74, 6) is 0. The van der Waals surface area contributed by atoms with Crippen molar-refractivity contribution >= 4 is 34.3 Å². The first-order valence-electron chi connectivity index (χ1n) is 3.29. The number of hydrogen-bond acceptors (Lipinski definition) is 4. The maximum atomic E-state index is 5.69. The predicted molar refractivity (Wildman–Crippen MR) is 53.0 cm³/mol. The van der Waals surface area contributed by atoms with Crippen LogP contribution in [0, 0.1) is 6.92 Å². The van der Waals surface area contributed by atoms with Crippen molar-refractivity contribution in [3.8, 4) is 10.7 Å². The molecule has 0 bridgehead atoms. The van der Waals surface area contributed by atoms with Gasteiger partial charge in [0.15, 0.2) is 0 Å². The number of nitrogens with zero attached hydrogens (tertiary/aromatic N) is 2. The minimum Gasteiger partial charge on any atom is -0.239 e. The van der Waals surface area contributed by atoms with Crippen molar-refractivity contribution < 1.29 is 0 Å². The number of rotatable bonds is 1. The highest BCUT2D eigenvalue weighted by molar-refractivity contribution is 7.14. The molecule has 2 rings (SSSR count). The molecule has 62 valence electrons. The molecule has 0 aliphatic carbocycles. The van der Waals surface area contributed by atoms with Gasteiger partial charge in [0, 0.05) is 10.8 Å². The Labute approximate surface area is 82.9 Å². The molecular formula is C7H5ClN2S2. The van der Waals surface area contributed by atoms with Gasteiger partial charge in [-0.15, -0.1) is 22.7 Å². The van der Waals surface area contributed by atoms with Gasteiger partial charge in [-0.2, -0.15) is 0 Å². The van der Waals surface area contributed by atoms with Crippen molar-refractivity contribution in [2.24, 2.45) is 0 Å². The molecule has 0 saturated heterocycles. The second kappa shape index (κ2) is 3.12. The van der Waals surface area contributed by atoms with E-state index < -0.39 is 0 Å². The topological polar surface area (TPSA) is 25.8 Å². The number of aromatic nitrogens is 2. The van der Waals surface area contributed by atoms with Crippen LogP contribution in [0.2, 0.25) is 5.15 Å². The third kappa shape index (κ3) is 1.50. The molecule has 2 heterocycles. The standard InChI is InChI=1S/C7H5ClN2S2/c1-4-9-5(2-11-4)7-10-6(8)3-12-7/h2-3H,1H3. The van der Waals surface area contributed by atoms with Crippen LogP contribution in [0.4, 0.5) is 0 Å². The summed E-state index contributed by atoms with van der Waals surface area (Å²) < 4.78 is 0. The Morgan fingerprint density at radius 2 is 2.08 bits per heavy atom. The molecule has 0 saturated carbocycles. The molecule has 0 atom stereocenters. The maximum absolute atomic E-state index is 5.69. The lowest BCUT2D eigenvalue weighted by atomic mass is 10.5. The molecule has 12 heavy (non-hydrogen) atoms. The van der Waals surface area contributed by atoms with Crippen LogP contribution in [-0.4, -0.2) is 9.97 Å². The van der Waals surface area contributed by atoms with E-state index in [9.17, 15) is 0 Å². The Balaban J connectivity index is 2.43. The van der Waals surface area contributed by atoms with E-state index in [2.05, 4.69) is 9.97 Å².